The average Bonchev–Trinajstić information content (AvgIpc) is 2.30. The summed E-state index contributed by atoms with van der Waals surface area (Å²) in [4.78, 5) is 21.5. The van der Waals surface area contributed by atoms with Crippen LogP contribution in [0.5, 0.6) is 0 Å². The van der Waals surface area contributed by atoms with Crippen LogP contribution in [0.2, 0.25) is 0 Å². The SMILES string of the molecule is CCc1cn(C(C)=O)c(=O)o1. The molecule has 4 heteroatoms. The van der Waals surface area contributed by atoms with E-state index >= 15 is 0 Å². The first-order chi connectivity index (χ1) is 5.15. The second-order valence-corrected chi connectivity index (χ2v) is 2.21. The molecular formula is C7H9NO3. The van der Waals surface area contributed by atoms with Crippen LogP contribution in [0, 0.1) is 0 Å². The molecule has 0 fully saturated rings. The quantitative estimate of drug-likeness (QED) is 0.598. The molecular weight excluding hydrogens is 146 g/mol. The molecule has 1 aromatic heterocycles. The molecule has 0 saturated heterocycles. The minimum atomic E-state index is -0.602. The third kappa shape index (κ3) is 1.39. The zero-order valence-electron chi connectivity index (χ0n) is 6.46. The van der Waals surface area contributed by atoms with Crippen molar-refractivity contribution in [3.05, 3.63) is 22.5 Å². The lowest BCUT2D eigenvalue weighted by Gasteiger charge is -1.85. The van der Waals surface area contributed by atoms with Gasteiger partial charge in [0.1, 0.15) is 5.76 Å². The lowest BCUT2D eigenvalue weighted by molar-refractivity contribution is 0.0928. The number of rotatable bonds is 1. The molecule has 0 spiro atoms. The molecule has 0 aromatic carbocycles. The Hall–Kier alpha value is -1.32. The fourth-order valence-corrected chi connectivity index (χ4v) is 0.767. The highest BCUT2D eigenvalue weighted by Crippen LogP contribution is 1.95. The molecule has 0 aliphatic rings. The van der Waals surface area contributed by atoms with E-state index in [4.69, 9.17) is 4.42 Å². The van der Waals surface area contributed by atoms with E-state index < -0.39 is 5.76 Å². The number of oxazole rings is 1. The van der Waals surface area contributed by atoms with Gasteiger partial charge in [-0.15, -0.1) is 0 Å². The molecule has 0 N–H and O–H groups in total. The van der Waals surface area contributed by atoms with Crippen LogP contribution < -0.4 is 5.76 Å². The molecule has 0 bridgehead atoms. The van der Waals surface area contributed by atoms with Gasteiger partial charge in [-0.25, -0.2) is 9.36 Å². The van der Waals surface area contributed by atoms with Gasteiger partial charge >= 0.3 is 5.76 Å². The summed E-state index contributed by atoms with van der Waals surface area (Å²) < 4.78 is 5.67. The summed E-state index contributed by atoms with van der Waals surface area (Å²) in [6, 6.07) is 0. The van der Waals surface area contributed by atoms with E-state index in [1.165, 1.54) is 13.1 Å². The molecule has 1 heterocycles. The van der Waals surface area contributed by atoms with Crippen molar-refractivity contribution in [3.63, 3.8) is 0 Å². The summed E-state index contributed by atoms with van der Waals surface area (Å²) in [6.45, 7) is 3.17. The molecule has 0 atom stereocenters. The van der Waals surface area contributed by atoms with Crippen molar-refractivity contribution in [1.29, 1.82) is 0 Å². The average molecular weight is 155 g/mol. The van der Waals surface area contributed by atoms with Gasteiger partial charge in [-0.05, 0) is 0 Å². The van der Waals surface area contributed by atoms with Crippen LogP contribution in [0.3, 0.4) is 0 Å². The maximum Gasteiger partial charge on any atom is 0.426 e. The summed E-state index contributed by atoms with van der Waals surface area (Å²) in [5, 5.41) is 0. The van der Waals surface area contributed by atoms with E-state index in [0.717, 1.165) is 4.57 Å². The number of aromatic nitrogens is 1. The fourth-order valence-electron chi connectivity index (χ4n) is 0.767. The first-order valence-corrected chi connectivity index (χ1v) is 3.37. The number of nitrogens with zero attached hydrogens (tertiary/aromatic N) is 1. The zero-order chi connectivity index (χ0) is 8.43. The van der Waals surface area contributed by atoms with E-state index in [1.807, 2.05) is 6.92 Å². The molecule has 4 nitrogen and oxygen atoms in total. The molecule has 60 valence electrons. The number of carbonyl (C=O) groups excluding carboxylic acids is 1. The summed E-state index contributed by atoms with van der Waals surface area (Å²) >= 11 is 0. The Balaban J connectivity index is 3.18. The number of carbonyl (C=O) groups is 1. The molecule has 0 radical (unpaired) electrons. The highest BCUT2D eigenvalue weighted by molar-refractivity contribution is 5.75. The Morgan fingerprint density at radius 2 is 2.36 bits per heavy atom. The molecule has 0 saturated carbocycles. The van der Waals surface area contributed by atoms with Crippen molar-refractivity contribution >= 4 is 5.91 Å². The molecule has 0 amide bonds. The Kier molecular flexibility index (Phi) is 1.94. The molecule has 1 aromatic rings. The second kappa shape index (κ2) is 2.74. The van der Waals surface area contributed by atoms with Crippen molar-refractivity contribution in [1.82, 2.24) is 4.57 Å². The smallest absolute Gasteiger partial charge is 0.413 e. The monoisotopic (exact) mass is 155 g/mol. The topological polar surface area (TPSA) is 52.2 Å². The highest BCUT2D eigenvalue weighted by atomic mass is 16.4. The molecule has 0 unspecified atom stereocenters. The maximum atomic E-state index is 10.8. The van der Waals surface area contributed by atoms with E-state index in [-0.39, 0.29) is 5.91 Å². The lowest BCUT2D eigenvalue weighted by atomic mass is 10.4. The Morgan fingerprint density at radius 1 is 1.73 bits per heavy atom. The van der Waals surface area contributed by atoms with Gasteiger partial charge in [-0.2, -0.15) is 0 Å². The van der Waals surface area contributed by atoms with Crippen LogP contribution in [0.25, 0.3) is 0 Å². The summed E-state index contributed by atoms with van der Waals surface area (Å²) in [5.74, 6) is -0.391. The maximum absolute atomic E-state index is 10.8. The standard InChI is InChI=1S/C7H9NO3/c1-3-6-4-8(5(2)9)7(10)11-6/h4H,3H2,1-2H3. The normalized spacial score (nSPS) is 10.0. The van der Waals surface area contributed by atoms with Gasteiger partial charge in [0.25, 0.3) is 0 Å². The number of hydrogen-bond donors (Lipinski definition) is 0. The van der Waals surface area contributed by atoms with Crippen LogP contribution >= 0.6 is 0 Å². The molecule has 0 aliphatic heterocycles. The first kappa shape index (κ1) is 7.78. The van der Waals surface area contributed by atoms with Crippen LogP contribution in [-0.2, 0) is 6.42 Å². The second-order valence-electron chi connectivity index (χ2n) is 2.21. The highest BCUT2D eigenvalue weighted by Gasteiger charge is 2.06. The van der Waals surface area contributed by atoms with Crippen LogP contribution in [-0.4, -0.2) is 10.5 Å². The van der Waals surface area contributed by atoms with Crippen molar-refractivity contribution in [2.45, 2.75) is 20.3 Å². The summed E-state index contributed by atoms with van der Waals surface area (Å²) in [7, 11) is 0. The number of aryl methyl sites for hydroxylation is 1. The van der Waals surface area contributed by atoms with E-state index in [0.29, 0.717) is 12.2 Å². The summed E-state index contributed by atoms with van der Waals surface area (Å²) in [6.07, 6.45) is 2.04. The van der Waals surface area contributed by atoms with Gasteiger partial charge in [0.2, 0.25) is 5.91 Å². The van der Waals surface area contributed by atoms with Crippen molar-refractivity contribution in [2.75, 3.05) is 0 Å². The van der Waals surface area contributed by atoms with E-state index in [1.54, 1.807) is 0 Å². The zero-order valence-corrected chi connectivity index (χ0v) is 6.46. The Bertz CT molecular complexity index is 321. The summed E-state index contributed by atoms with van der Waals surface area (Å²) in [5.41, 5.74) is 0. The van der Waals surface area contributed by atoms with Crippen LogP contribution in [0.15, 0.2) is 15.4 Å². The minimum Gasteiger partial charge on any atom is -0.413 e. The van der Waals surface area contributed by atoms with Crippen LogP contribution in [0.4, 0.5) is 0 Å². The van der Waals surface area contributed by atoms with Gasteiger partial charge in [0.05, 0.1) is 6.20 Å². The molecule has 11 heavy (non-hydrogen) atoms. The fraction of sp³-hybridized carbons (Fsp3) is 0.429. The largest absolute Gasteiger partial charge is 0.426 e. The van der Waals surface area contributed by atoms with Crippen molar-refractivity contribution in [2.24, 2.45) is 0 Å². The predicted molar refractivity (Wildman–Crippen MR) is 38.6 cm³/mol. The lowest BCUT2D eigenvalue weighted by Crippen LogP contribution is -2.18. The first-order valence-electron chi connectivity index (χ1n) is 3.37. The van der Waals surface area contributed by atoms with E-state index in [2.05, 4.69) is 0 Å². The van der Waals surface area contributed by atoms with Gasteiger partial charge in [-0.3, -0.25) is 4.79 Å². The third-order valence-electron chi connectivity index (χ3n) is 1.38. The van der Waals surface area contributed by atoms with Gasteiger partial charge in [0.15, 0.2) is 0 Å². The van der Waals surface area contributed by atoms with E-state index in [9.17, 15) is 9.59 Å². The minimum absolute atomic E-state index is 0.321. The van der Waals surface area contributed by atoms with Crippen LogP contribution in [0.1, 0.15) is 24.4 Å². The Morgan fingerprint density at radius 3 is 2.64 bits per heavy atom. The molecule has 1 rings (SSSR count). The Labute approximate surface area is 63.4 Å². The van der Waals surface area contributed by atoms with Crippen molar-refractivity contribution in [3.8, 4) is 0 Å². The number of hydrogen-bond acceptors (Lipinski definition) is 3. The van der Waals surface area contributed by atoms with Crippen molar-refractivity contribution < 1.29 is 9.21 Å². The van der Waals surface area contributed by atoms with Gasteiger partial charge in [0, 0.05) is 13.3 Å². The predicted octanol–water partition coefficient (Wildman–Crippen LogP) is 0.664. The van der Waals surface area contributed by atoms with Gasteiger partial charge < -0.3 is 4.42 Å². The molecule has 0 aliphatic carbocycles. The van der Waals surface area contributed by atoms with Gasteiger partial charge in [-0.1, -0.05) is 6.92 Å². The third-order valence-corrected chi connectivity index (χ3v) is 1.38.